The van der Waals surface area contributed by atoms with Crippen molar-refractivity contribution in [3.05, 3.63) is 39.6 Å². The Balaban J connectivity index is 1.53. The quantitative estimate of drug-likeness (QED) is 0.255. The first-order valence-corrected chi connectivity index (χ1v) is 12.9. The number of rotatable bonds is 8. The molecule has 4 rings (SSSR count). The number of carbonyl (C=O) groups is 1. The molecule has 1 aliphatic rings. The van der Waals surface area contributed by atoms with Crippen LogP contribution in [0.2, 0.25) is 0 Å². The lowest BCUT2D eigenvalue weighted by Gasteiger charge is -2.28. The van der Waals surface area contributed by atoms with Crippen molar-refractivity contribution >= 4 is 57.1 Å². The molecule has 0 bridgehead atoms. The minimum atomic E-state index is -0.0655. The molecule has 1 fully saturated rings. The number of thioether (sulfide) groups is 1. The van der Waals surface area contributed by atoms with Gasteiger partial charge in [0.1, 0.15) is 5.82 Å². The van der Waals surface area contributed by atoms with Crippen molar-refractivity contribution in [3.63, 3.8) is 0 Å². The lowest BCUT2D eigenvalue weighted by atomic mass is 10.1. The minimum absolute atomic E-state index is 0.0655. The predicted molar refractivity (Wildman–Crippen MR) is 134 cm³/mol. The fourth-order valence-corrected chi connectivity index (χ4v) is 5.03. The van der Waals surface area contributed by atoms with E-state index < -0.39 is 0 Å². The number of halogens is 1. The largest absolute Gasteiger partial charge is 0.356 e. The summed E-state index contributed by atoms with van der Waals surface area (Å²) >= 11 is 3.88. The highest BCUT2D eigenvalue weighted by Crippen LogP contribution is 2.29. The van der Waals surface area contributed by atoms with E-state index in [0.29, 0.717) is 18.7 Å². The second-order valence-corrected chi connectivity index (χ2v) is 9.79. The Bertz CT molecular complexity index is 1050. The normalized spacial score (nSPS) is 14.2. The molecule has 3 aromatic rings. The Hall–Kier alpha value is -1.88. The summed E-state index contributed by atoms with van der Waals surface area (Å²) in [6, 6.07) is 7.59. The first kappa shape index (κ1) is 22.3. The van der Waals surface area contributed by atoms with Crippen molar-refractivity contribution < 1.29 is 4.79 Å². The van der Waals surface area contributed by atoms with Crippen molar-refractivity contribution in [1.82, 2.24) is 25.1 Å². The lowest BCUT2D eigenvalue weighted by molar-refractivity contribution is 0.0951. The van der Waals surface area contributed by atoms with E-state index in [1.54, 1.807) is 11.8 Å². The third-order valence-electron chi connectivity index (χ3n) is 5.27. The van der Waals surface area contributed by atoms with Crippen LogP contribution in [-0.4, -0.2) is 51.0 Å². The molecule has 0 aliphatic carbocycles. The average Bonchev–Trinajstić information content (AvgIpc) is 3.21. The van der Waals surface area contributed by atoms with Gasteiger partial charge in [-0.1, -0.05) is 30.8 Å². The van der Waals surface area contributed by atoms with Crippen LogP contribution in [0.3, 0.4) is 0 Å². The van der Waals surface area contributed by atoms with Gasteiger partial charge in [-0.2, -0.15) is 5.10 Å². The highest BCUT2D eigenvalue weighted by Gasteiger charge is 2.20. The Morgan fingerprint density at radius 1 is 1.19 bits per heavy atom. The van der Waals surface area contributed by atoms with Crippen LogP contribution >= 0.6 is 34.4 Å². The number of hydrogen-bond donors (Lipinski definition) is 1. The predicted octanol–water partition coefficient (Wildman–Crippen LogP) is 4.35. The molecule has 1 aliphatic heterocycles. The summed E-state index contributed by atoms with van der Waals surface area (Å²) in [7, 11) is 0. The smallest absolute Gasteiger partial charge is 0.252 e. The van der Waals surface area contributed by atoms with E-state index in [-0.39, 0.29) is 5.91 Å². The van der Waals surface area contributed by atoms with Gasteiger partial charge >= 0.3 is 0 Å². The van der Waals surface area contributed by atoms with E-state index >= 15 is 0 Å². The van der Waals surface area contributed by atoms with Gasteiger partial charge in [-0.05, 0) is 60.4 Å². The number of piperidine rings is 1. The second-order valence-electron chi connectivity index (χ2n) is 7.57. The van der Waals surface area contributed by atoms with Crippen LogP contribution in [0.15, 0.2) is 35.6 Å². The number of carbonyl (C=O) groups excluding carboxylic acids is 1. The third-order valence-corrected chi connectivity index (χ3v) is 7.27. The van der Waals surface area contributed by atoms with Crippen molar-refractivity contribution in [2.45, 2.75) is 44.3 Å². The molecule has 7 nitrogen and oxygen atoms in total. The van der Waals surface area contributed by atoms with Crippen LogP contribution < -0.4 is 10.2 Å². The van der Waals surface area contributed by atoms with Gasteiger partial charge in [-0.3, -0.25) is 4.79 Å². The summed E-state index contributed by atoms with van der Waals surface area (Å²) in [4.78, 5) is 24.6. The molecule has 0 spiro atoms. The Morgan fingerprint density at radius 2 is 2.00 bits per heavy atom. The molecule has 0 atom stereocenters. The number of amides is 1. The van der Waals surface area contributed by atoms with Crippen molar-refractivity contribution in [2.75, 3.05) is 30.3 Å². The van der Waals surface area contributed by atoms with Gasteiger partial charge in [0.2, 0.25) is 0 Å². The lowest BCUT2D eigenvalue weighted by Crippen LogP contribution is -2.30. The Morgan fingerprint density at radius 3 is 2.77 bits per heavy atom. The fraction of sp³-hybridized carbons (Fsp3) is 0.455. The summed E-state index contributed by atoms with van der Waals surface area (Å²) in [5, 5.41) is 9.39. The zero-order chi connectivity index (χ0) is 21.6. The maximum Gasteiger partial charge on any atom is 0.252 e. The number of anilines is 1. The van der Waals surface area contributed by atoms with E-state index in [1.165, 1.54) is 19.3 Å². The van der Waals surface area contributed by atoms with E-state index in [1.807, 2.05) is 35.1 Å². The molecule has 1 saturated heterocycles. The molecule has 9 heteroatoms. The Labute approximate surface area is 200 Å². The molecule has 0 unspecified atom stereocenters. The van der Waals surface area contributed by atoms with Gasteiger partial charge in [-0.25, -0.2) is 14.6 Å². The summed E-state index contributed by atoms with van der Waals surface area (Å²) in [5.41, 5.74) is 1.54. The number of nitrogens with zero attached hydrogens (tertiary/aromatic N) is 5. The SMILES string of the molecule is CCCSc1nc(N2CCCCC2)c2cnn(CCNC(=O)c3ccccc3I)c2n1. The van der Waals surface area contributed by atoms with Crippen LogP contribution in [-0.2, 0) is 6.54 Å². The van der Waals surface area contributed by atoms with Gasteiger partial charge in [0, 0.05) is 29.0 Å². The van der Waals surface area contributed by atoms with Gasteiger partial charge in [0.05, 0.1) is 23.7 Å². The minimum Gasteiger partial charge on any atom is -0.356 e. The van der Waals surface area contributed by atoms with Gasteiger partial charge in [0.15, 0.2) is 10.8 Å². The number of fused-ring (bicyclic) bond motifs is 1. The zero-order valence-corrected chi connectivity index (χ0v) is 20.7. The molecule has 0 radical (unpaired) electrons. The first-order chi connectivity index (χ1) is 15.2. The maximum atomic E-state index is 12.5. The molecule has 3 heterocycles. The Kier molecular flexibility index (Phi) is 7.65. The van der Waals surface area contributed by atoms with E-state index in [2.05, 4.69) is 44.8 Å². The van der Waals surface area contributed by atoms with Gasteiger partial charge in [0.25, 0.3) is 5.91 Å². The standard InChI is InChI=1S/C22H27IN6OS/c1-2-14-31-22-26-19(28-11-6-3-7-12-28)17-15-25-29(20(17)27-22)13-10-24-21(30)16-8-4-5-9-18(16)23/h4-5,8-9,15H,2-3,6-7,10-14H2,1H3,(H,24,30). The first-order valence-electron chi connectivity index (χ1n) is 10.8. The van der Waals surface area contributed by atoms with Crippen LogP contribution in [0.1, 0.15) is 43.0 Å². The summed E-state index contributed by atoms with van der Waals surface area (Å²) < 4.78 is 2.83. The summed E-state index contributed by atoms with van der Waals surface area (Å²) in [5.74, 6) is 1.92. The van der Waals surface area contributed by atoms with Crippen molar-refractivity contribution in [1.29, 1.82) is 0 Å². The molecule has 31 heavy (non-hydrogen) atoms. The van der Waals surface area contributed by atoms with Crippen LogP contribution in [0.5, 0.6) is 0 Å². The van der Waals surface area contributed by atoms with E-state index in [9.17, 15) is 4.79 Å². The fourth-order valence-electron chi connectivity index (χ4n) is 3.71. The monoisotopic (exact) mass is 550 g/mol. The number of aromatic nitrogens is 4. The third kappa shape index (κ3) is 5.31. The molecular weight excluding hydrogens is 523 g/mol. The number of benzene rings is 1. The average molecular weight is 550 g/mol. The molecule has 2 aromatic heterocycles. The zero-order valence-electron chi connectivity index (χ0n) is 17.7. The second kappa shape index (κ2) is 10.6. The van der Waals surface area contributed by atoms with Gasteiger partial charge in [-0.15, -0.1) is 0 Å². The van der Waals surface area contributed by atoms with Crippen molar-refractivity contribution in [3.8, 4) is 0 Å². The maximum absolute atomic E-state index is 12.5. The van der Waals surface area contributed by atoms with Crippen molar-refractivity contribution in [2.24, 2.45) is 0 Å². The summed E-state index contributed by atoms with van der Waals surface area (Å²) in [6.07, 6.45) is 6.62. The highest BCUT2D eigenvalue weighted by molar-refractivity contribution is 14.1. The number of hydrogen-bond acceptors (Lipinski definition) is 6. The molecule has 1 amide bonds. The molecular formula is C22H27IN6OS. The molecule has 1 aromatic carbocycles. The molecule has 0 saturated carbocycles. The molecule has 164 valence electrons. The number of nitrogens with one attached hydrogen (secondary N) is 1. The van der Waals surface area contributed by atoms with Gasteiger partial charge < -0.3 is 10.2 Å². The van der Waals surface area contributed by atoms with Crippen LogP contribution in [0, 0.1) is 3.57 Å². The van der Waals surface area contributed by atoms with Crippen LogP contribution in [0.25, 0.3) is 11.0 Å². The molecule has 1 N–H and O–H groups in total. The van der Waals surface area contributed by atoms with E-state index in [0.717, 1.165) is 50.8 Å². The highest BCUT2D eigenvalue weighted by atomic mass is 127. The van der Waals surface area contributed by atoms with Crippen LogP contribution in [0.4, 0.5) is 5.82 Å². The van der Waals surface area contributed by atoms with E-state index in [4.69, 9.17) is 9.97 Å². The topological polar surface area (TPSA) is 75.9 Å². The summed E-state index contributed by atoms with van der Waals surface area (Å²) in [6.45, 7) is 5.27.